The first-order chi connectivity index (χ1) is 7.58. The minimum atomic E-state index is -0.519. The van der Waals surface area contributed by atoms with Crippen LogP contribution in [0.3, 0.4) is 0 Å². The molecule has 0 bridgehead atoms. The first kappa shape index (κ1) is 12.0. The van der Waals surface area contributed by atoms with Crippen LogP contribution in [0, 0.1) is 5.82 Å². The van der Waals surface area contributed by atoms with E-state index < -0.39 is 5.82 Å². The molecule has 2 rings (SSSR count). The van der Waals surface area contributed by atoms with Gasteiger partial charge in [0.1, 0.15) is 9.21 Å². The van der Waals surface area contributed by atoms with Crippen molar-refractivity contribution in [3.05, 3.63) is 44.3 Å². The summed E-state index contributed by atoms with van der Waals surface area (Å²) >= 11 is 12.1. The van der Waals surface area contributed by atoms with Crippen LogP contribution in [0.2, 0.25) is 5.02 Å². The molecule has 0 aliphatic carbocycles. The molecular formula is C10H4Br2ClFN2. The van der Waals surface area contributed by atoms with Crippen LogP contribution in [0.15, 0.2) is 33.5 Å². The van der Waals surface area contributed by atoms with Crippen molar-refractivity contribution < 1.29 is 4.39 Å². The Balaban J connectivity index is 2.63. The average molecular weight is 366 g/mol. The number of nitrogens with zero attached hydrogens (tertiary/aromatic N) is 2. The Labute approximate surface area is 113 Å². The summed E-state index contributed by atoms with van der Waals surface area (Å²) in [7, 11) is 0. The number of aromatic nitrogens is 2. The molecule has 0 aliphatic rings. The zero-order valence-corrected chi connectivity index (χ0v) is 11.6. The third-order valence-electron chi connectivity index (χ3n) is 1.86. The monoisotopic (exact) mass is 364 g/mol. The van der Waals surface area contributed by atoms with E-state index >= 15 is 0 Å². The molecule has 0 amide bonds. The van der Waals surface area contributed by atoms with Gasteiger partial charge in [0.2, 0.25) is 0 Å². The van der Waals surface area contributed by atoms with E-state index in [4.69, 9.17) is 11.6 Å². The van der Waals surface area contributed by atoms with E-state index in [1.54, 1.807) is 18.2 Å². The first-order valence-corrected chi connectivity index (χ1v) is 6.19. The quantitative estimate of drug-likeness (QED) is 0.697. The van der Waals surface area contributed by atoms with Gasteiger partial charge < -0.3 is 0 Å². The van der Waals surface area contributed by atoms with E-state index in [2.05, 4.69) is 41.8 Å². The first-order valence-electron chi connectivity index (χ1n) is 4.22. The van der Waals surface area contributed by atoms with Gasteiger partial charge in [-0.15, -0.1) is 0 Å². The maximum atomic E-state index is 13.7. The van der Waals surface area contributed by atoms with Gasteiger partial charge in [0.05, 0.1) is 10.6 Å². The zero-order valence-electron chi connectivity index (χ0n) is 7.72. The van der Waals surface area contributed by atoms with Gasteiger partial charge in [-0.05, 0) is 44.0 Å². The summed E-state index contributed by atoms with van der Waals surface area (Å²) in [4.78, 5) is 8.17. The lowest BCUT2D eigenvalue weighted by atomic mass is 10.2. The third-order valence-corrected chi connectivity index (χ3v) is 2.96. The maximum Gasteiger partial charge on any atom is 0.164 e. The van der Waals surface area contributed by atoms with Crippen LogP contribution in [-0.4, -0.2) is 9.97 Å². The number of halogens is 4. The van der Waals surface area contributed by atoms with Crippen LogP contribution in [0.4, 0.5) is 4.39 Å². The highest BCUT2D eigenvalue weighted by atomic mass is 79.9. The lowest BCUT2D eigenvalue weighted by Gasteiger charge is -2.04. The maximum absolute atomic E-state index is 13.7. The second-order valence-corrected chi connectivity index (χ2v) is 4.97. The second-order valence-electron chi connectivity index (χ2n) is 2.94. The molecule has 0 saturated heterocycles. The van der Waals surface area contributed by atoms with Crippen molar-refractivity contribution in [2.24, 2.45) is 0 Å². The molecule has 0 saturated carbocycles. The van der Waals surface area contributed by atoms with Crippen LogP contribution in [0.25, 0.3) is 11.4 Å². The van der Waals surface area contributed by atoms with E-state index in [0.717, 1.165) is 0 Å². The summed E-state index contributed by atoms with van der Waals surface area (Å²) in [5.41, 5.74) is 0.273. The normalized spacial score (nSPS) is 10.5. The standard InChI is InChI=1S/C10H4Br2ClFN2/c11-7-4-8(12)16-10(15-7)5-2-1-3-6(13)9(5)14/h1-4H. The summed E-state index contributed by atoms with van der Waals surface area (Å²) in [6.45, 7) is 0. The summed E-state index contributed by atoms with van der Waals surface area (Å²) < 4.78 is 14.9. The van der Waals surface area contributed by atoms with Crippen molar-refractivity contribution in [1.82, 2.24) is 9.97 Å². The lowest BCUT2D eigenvalue weighted by Crippen LogP contribution is -1.93. The zero-order chi connectivity index (χ0) is 11.7. The van der Waals surface area contributed by atoms with E-state index in [9.17, 15) is 4.39 Å². The van der Waals surface area contributed by atoms with Crippen molar-refractivity contribution in [2.45, 2.75) is 0 Å². The number of benzene rings is 1. The van der Waals surface area contributed by atoms with Crippen molar-refractivity contribution in [1.29, 1.82) is 0 Å². The highest BCUT2D eigenvalue weighted by Gasteiger charge is 2.12. The van der Waals surface area contributed by atoms with Crippen molar-refractivity contribution in [2.75, 3.05) is 0 Å². The van der Waals surface area contributed by atoms with Gasteiger partial charge >= 0.3 is 0 Å². The highest BCUT2D eigenvalue weighted by Crippen LogP contribution is 2.27. The molecule has 0 radical (unpaired) electrons. The Kier molecular flexibility index (Phi) is 3.56. The smallest absolute Gasteiger partial charge is 0.164 e. The molecule has 1 aromatic carbocycles. The summed E-state index contributed by atoms with van der Waals surface area (Å²) in [5, 5.41) is 0.0530. The Bertz CT molecular complexity index is 528. The van der Waals surface area contributed by atoms with Gasteiger partial charge in [-0.2, -0.15) is 0 Å². The van der Waals surface area contributed by atoms with Gasteiger partial charge in [-0.25, -0.2) is 14.4 Å². The molecule has 82 valence electrons. The van der Waals surface area contributed by atoms with E-state index in [1.165, 1.54) is 6.07 Å². The third kappa shape index (κ3) is 2.42. The molecule has 0 fully saturated rings. The fourth-order valence-corrected chi connectivity index (χ4v) is 2.44. The van der Waals surface area contributed by atoms with Gasteiger partial charge in [-0.1, -0.05) is 17.7 Å². The molecule has 0 aliphatic heterocycles. The minimum Gasteiger partial charge on any atom is -0.221 e. The summed E-state index contributed by atoms with van der Waals surface area (Å²) in [6, 6.07) is 6.38. The SMILES string of the molecule is Fc1c(Cl)cccc1-c1nc(Br)cc(Br)n1. The molecule has 0 atom stereocenters. The molecule has 2 aromatic rings. The molecule has 1 heterocycles. The molecule has 0 spiro atoms. The fraction of sp³-hybridized carbons (Fsp3) is 0. The lowest BCUT2D eigenvalue weighted by molar-refractivity contribution is 0.630. The average Bonchev–Trinajstić information content (AvgIpc) is 2.20. The Morgan fingerprint density at radius 2 is 1.75 bits per heavy atom. The van der Waals surface area contributed by atoms with Gasteiger partial charge in [0.15, 0.2) is 11.6 Å². The molecule has 0 N–H and O–H groups in total. The predicted molar refractivity (Wildman–Crippen MR) is 67.8 cm³/mol. The Morgan fingerprint density at radius 1 is 1.12 bits per heavy atom. The van der Waals surface area contributed by atoms with Crippen molar-refractivity contribution in [3.63, 3.8) is 0 Å². The minimum absolute atomic E-state index is 0.0530. The van der Waals surface area contributed by atoms with E-state index in [0.29, 0.717) is 9.21 Å². The van der Waals surface area contributed by atoms with Crippen LogP contribution >= 0.6 is 43.5 Å². The highest BCUT2D eigenvalue weighted by molar-refractivity contribution is 9.11. The molecule has 0 unspecified atom stereocenters. The number of hydrogen-bond acceptors (Lipinski definition) is 2. The predicted octanol–water partition coefficient (Wildman–Crippen LogP) is 4.46. The van der Waals surface area contributed by atoms with Crippen LogP contribution in [0.1, 0.15) is 0 Å². The van der Waals surface area contributed by atoms with E-state index in [1.807, 2.05) is 0 Å². The molecule has 6 heteroatoms. The molecular weight excluding hydrogens is 362 g/mol. The molecule has 1 aromatic heterocycles. The second kappa shape index (κ2) is 4.77. The Morgan fingerprint density at radius 3 is 2.38 bits per heavy atom. The van der Waals surface area contributed by atoms with Crippen molar-refractivity contribution >= 4 is 43.5 Å². The summed E-state index contributed by atoms with van der Waals surface area (Å²) in [5.74, 6) is -0.240. The molecule has 2 nitrogen and oxygen atoms in total. The fourth-order valence-electron chi connectivity index (χ4n) is 1.19. The van der Waals surface area contributed by atoms with Gasteiger partial charge in [0, 0.05) is 6.07 Å². The van der Waals surface area contributed by atoms with Crippen LogP contribution in [0.5, 0.6) is 0 Å². The number of rotatable bonds is 1. The van der Waals surface area contributed by atoms with Crippen LogP contribution in [-0.2, 0) is 0 Å². The van der Waals surface area contributed by atoms with E-state index in [-0.39, 0.29) is 16.4 Å². The Hall–Kier alpha value is -0.520. The topological polar surface area (TPSA) is 25.8 Å². The van der Waals surface area contributed by atoms with Gasteiger partial charge in [-0.3, -0.25) is 0 Å². The van der Waals surface area contributed by atoms with Gasteiger partial charge in [0.25, 0.3) is 0 Å². The number of hydrogen-bond donors (Lipinski definition) is 0. The summed E-state index contributed by atoms with van der Waals surface area (Å²) in [6.07, 6.45) is 0. The molecule has 16 heavy (non-hydrogen) atoms. The largest absolute Gasteiger partial charge is 0.221 e. The van der Waals surface area contributed by atoms with Crippen molar-refractivity contribution in [3.8, 4) is 11.4 Å². The van der Waals surface area contributed by atoms with Crippen LogP contribution < -0.4 is 0 Å².